The van der Waals surface area contributed by atoms with Crippen molar-refractivity contribution in [2.75, 3.05) is 6.54 Å². The van der Waals surface area contributed by atoms with Gasteiger partial charge in [-0.1, -0.05) is 44.0 Å². The summed E-state index contributed by atoms with van der Waals surface area (Å²) in [6.07, 6.45) is 2.10. The van der Waals surface area contributed by atoms with Crippen molar-refractivity contribution in [2.45, 2.75) is 45.6 Å². The molecule has 2 fully saturated rings. The summed E-state index contributed by atoms with van der Waals surface area (Å²) in [5.41, 5.74) is -1.01. The van der Waals surface area contributed by atoms with Crippen LogP contribution in [0.4, 0.5) is 4.79 Å². The van der Waals surface area contributed by atoms with E-state index in [9.17, 15) is 14.4 Å². The molecule has 8 heteroatoms. The van der Waals surface area contributed by atoms with Crippen LogP contribution >= 0.6 is 23.2 Å². The Hall–Kier alpha value is -1.79. The Labute approximate surface area is 168 Å². The van der Waals surface area contributed by atoms with Crippen LogP contribution in [0.5, 0.6) is 5.75 Å². The molecule has 1 saturated carbocycles. The third-order valence-corrected chi connectivity index (χ3v) is 5.77. The van der Waals surface area contributed by atoms with E-state index >= 15 is 0 Å². The molecule has 1 heterocycles. The van der Waals surface area contributed by atoms with Crippen molar-refractivity contribution in [2.24, 2.45) is 11.3 Å². The molecule has 2 atom stereocenters. The van der Waals surface area contributed by atoms with Crippen LogP contribution in [0.15, 0.2) is 18.2 Å². The third-order valence-electron chi connectivity index (χ3n) is 5.03. The molecule has 2 aliphatic rings. The molecule has 146 valence electrons. The van der Waals surface area contributed by atoms with E-state index in [0.29, 0.717) is 23.8 Å². The summed E-state index contributed by atoms with van der Waals surface area (Å²) in [4.78, 5) is 38.6. The minimum absolute atomic E-state index is 0.0722. The molecule has 1 aromatic carbocycles. The van der Waals surface area contributed by atoms with Gasteiger partial charge in [-0.3, -0.25) is 9.69 Å². The van der Waals surface area contributed by atoms with E-state index in [1.165, 1.54) is 18.2 Å². The Kier molecular flexibility index (Phi) is 5.16. The molecule has 1 saturated heterocycles. The van der Waals surface area contributed by atoms with Gasteiger partial charge in [-0.2, -0.15) is 0 Å². The predicted octanol–water partition coefficient (Wildman–Crippen LogP) is 4.04. The number of imide groups is 1. The summed E-state index contributed by atoms with van der Waals surface area (Å²) in [6, 6.07) is 3.84. The first-order valence-electron chi connectivity index (χ1n) is 8.81. The largest absolute Gasteiger partial charge is 0.425 e. The topological polar surface area (TPSA) is 75.7 Å². The standard InChI is InChI=1S/C19H22Cl2N2O4/c1-11-7-18(2,3)10-19(8-11)16(25)23(17(26)22-19)9-15(24)27-12-4-5-13(20)14(21)6-12/h4-6,11H,7-10H2,1-3H3,(H,22,26). The van der Waals surface area contributed by atoms with E-state index < -0.39 is 24.1 Å². The number of urea groups is 1. The average molecular weight is 413 g/mol. The monoisotopic (exact) mass is 412 g/mol. The van der Waals surface area contributed by atoms with Crippen LogP contribution in [0, 0.1) is 11.3 Å². The van der Waals surface area contributed by atoms with Crippen molar-refractivity contribution in [1.29, 1.82) is 0 Å². The van der Waals surface area contributed by atoms with Gasteiger partial charge >= 0.3 is 12.0 Å². The fourth-order valence-electron chi connectivity index (χ4n) is 4.48. The van der Waals surface area contributed by atoms with E-state index in [1.54, 1.807) is 0 Å². The van der Waals surface area contributed by atoms with Gasteiger partial charge in [0.15, 0.2) is 0 Å². The fourth-order valence-corrected chi connectivity index (χ4v) is 4.77. The summed E-state index contributed by atoms with van der Waals surface area (Å²) in [6.45, 7) is 5.79. The number of rotatable bonds is 3. The molecular weight excluding hydrogens is 391 g/mol. The summed E-state index contributed by atoms with van der Waals surface area (Å²) in [7, 11) is 0. The molecule has 1 aliphatic carbocycles. The molecule has 3 rings (SSSR count). The minimum Gasteiger partial charge on any atom is -0.425 e. The summed E-state index contributed by atoms with van der Waals surface area (Å²) >= 11 is 11.7. The number of nitrogens with one attached hydrogen (secondary N) is 1. The van der Waals surface area contributed by atoms with E-state index in [2.05, 4.69) is 26.1 Å². The number of esters is 1. The van der Waals surface area contributed by atoms with Crippen molar-refractivity contribution in [3.05, 3.63) is 28.2 Å². The highest BCUT2D eigenvalue weighted by Crippen LogP contribution is 2.46. The maximum absolute atomic E-state index is 13.0. The maximum atomic E-state index is 13.0. The van der Waals surface area contributed by atoms with Crippen molar-refractivity contribution < 1.29 is 19.1 Å². The molecule has 2 unspecified atom stereocenters. The summed E-state index contributed by atoms with van der Waals surface area (Å²) < 4.78 is 5.19. The average Bonchev–Trinajstić information content (AvgIpc) is 2.72. The van der Waals surface area contributed by atoms with Crippen LogP contribution in [0.25, 0.3) is 0 Å². The fraction of sp³-hybridized carbons (Fsp3) is 0.526. The number of halogens is 2. The number of ether oxygens (including phenoxy) is 1. The number of benzene rings is 1. The maximum Gasteiger partial charge on any atom is 0.331 e. The van der Waals surface area contributed by atoms with E-state index in [-0.39, 0.29) is 22.1 Å². The Morgan fingerprint density at radius 1 is 1.26 bits per heavy atom. The van der Waals surface area contributed by atoms with Gasteiger partial charge in [0.25, 0.3) is 5.91 Å². The zero-order valence-electron chi connectivity index (χ0n) is 15.5. The van der Waals surface area contributed by atoms with Crippen LogP contribution in [-0.4, -0.2) is 34.9 Å². The summed E-state index contributed by atoms with van der Waals surface area (Å²) in [5, 5.41) is 3.41. The zero-order valence-corrected chi connectivity index (χ0v) is 17.0. The lowest BCUT2D eigenvalue weighted by atomic mass is 9.64. The first-order valence-corrected chi connectivity index (χ1v) is 9.57. The molecule has 3 amide bonds. The third kappa shape index (κ3) is 4.06. The van der Waals surface area contributed by atoms with Gasteiger partial charge < -0.3 is 10.1 Å². The van der Waals surface area contributed by atoms with Crippen molar-refractivity contribution in [3.8, 4) is 5.75 Å². The molecular formula is C19H22Cl2N2O4. The molecule has 0 aromatic heterocycles. The van der Waals surface area contributed by atoms with Crippen molar-refractivity contribution in [3.63, 3.8) is 0 Å². The Morgan fingerprint density at radius 3 is 2.59 bits per heavy atom. The molecule has 0 bridgehead atoms. The van der Waals surface area contributed by atoms with Gasteiger partial charge in [0.05, 0.1) is 10.0 Å². The first kappa shape index (κ1) is 20.0. The lowest BCUT2D eigenvalue weighted by molar-refractivity contribution is -0.142. The molecule has 1 aliphatic heterocycles. The number of carbonyl (C=O) groups is 3. The summed E-state index contributed by atoms with van der Waals surface area (Å²) in [5.74, 6) is -0.597. The van der Waals surface area contributed by atoms with Gasteiger partial charge in [0, 0.05) is 6.07 Å². The normalized spacial score (nSPS) is 27.0. The Bertz CT molecular complexity index is 811. The van der Waals surface area contributed by atoms with Gasteiger partial charge in [-0.15, -0.1) is 0 Å². The van der Waals surface area contributed by atoms with Gasteiger partial charge in [0.2, 0.25) is 0 Å². The highest BCUT2D eigenvalue weighted by atomic mass is 35.5. The molecule has 1 N–H and O–H groups in total. The molecule has 27 heavy (non-hydrogen) atoms. The van der Waals surface area contributed by atoms with Crippen LogP contribution in [-0.2, 0) is 9.59 Å². The van der Waals surface area contributed by atoms with Crippen LogP contribution in [0.2, 0.25) is 10.0 Å². The van der Waals surface area contributed by atoms with Gasteiger partial charge in [-0.05, 0) is 42.7 Å². The van der Waals surface area contributed by atoms with E-state index in [4.69, 9.17) is 27.9 Å². The lowest BCUT2D eigenvalue weighted by Gasteiger charge is -2.43. The highest BCUT2D eigenvalue weighted by molar-refractivity contribution is 6.42. The van der Waals surface area contributed by atoms with E-state index in [1.807, 2.05) is 0 Å². The predicted molar refractivity (Wildman–Crippen MR) is 102 cm³/mol. The number of hydrogen-bond donors (Lipinski definition) is 1. The number of hydrogen-bond acceptors (Lipinski definition) is 4. The van der Waals surface area contributed by atoms with Crippen molar-refractivity contribution in [1.82, 2.24) is 10.2 Å². The Morgan fingerprint density at radius 2 is 1.96 bits per heavy atom. The second-order valence-corrected chi connectivity index (χ2v) is 9.12. The van der Waals surface area contributed by atoms with Crippen LogP contribution < -0.4 is 10.1 Å². The SMILES string of the molecule is CC1CC(C)(C)CC2(C1)NC(=O)N(CC(=O)Oc1ccc(Cl)c(Cl)c1)C2=O. The van der Waals surface area contributed by atoms with Gasteiger partial charge in [0.1, 0.15) is 17.8 Å². The highest BCUT2D eigenvalue weighted by Gasteiger charge is 2.56. The smallest absolute Gasteiger partial charge is 0.331 e. The molecule has 0 radical (unpaired) electrons. The molecule has 6 nitrogen and oxygen atoms in total. The van der Waals surface area contributed by atoms with Crippen molar-refractivity contribution >= 4 is 41.1 Å². The Balaban J connectivity index is 1.72. The van der Waals surface area contributed by atoms with Gasteiger partial charge in [-0.25, -0.2) is 9.59 Å². The second kappa shape index (κ2) is 6.99. The molecule has 1 spiro atoms. The second-order valence-electron chi connectivity index (χ2n) is 8.31. The number of carbonyl (C=O) groups excluding carboxylic acids is 3. The van der Waals surface area contributed by atoms with Crippen LogP contribution in [0.3, 0.4) is 0 Å². The molecule has 1 aromatic rings. The number of amides is 3. The van der Waals surface area contributed by atoms with Crippen LogP contribution in [0.1, 0.15) is 40.0 Å². The zero-order chi connectivity index (χ0) is 20.0. The van der Waals surface area contributed by atoms with E-state index in [0.717, 1.165) is 11.3 Å². The quantitative estimate of drug-likeness (QED) is 0.461. The number of nitrogens with zero attached hydrogens (tertiary/aromatic N) is 1. The minimum atomic E-state index is -0.942. The lowest BCUT2D eigenvalue weighted by Crippen LogP contribution is -2.54. The first-order chi connectivity index (χ1) is 12.5.